The summed E-state index contributed by atoms with van der Waals surface area (Å²) in [5.74, 6) is 2.42. The Balaban J connectivity index is 1.53. The summed E-state index contributed by atoms with van der Waals surface area (Å²) in [6, 6.07) is 25.1. The quantitative estimate of drug-likeness (QED) is 0.234. The second-order valence-corrected chi connectivity index (χ2v) is 9.60. The van der Waals surface area contributed by atoms with Crippen molar-refractivity contribution < 1.29 is 7.58 Å². The normalized spacial score (nSPS) is 11.9. The second kappa shape index (κ2) is 10.9. The van der Waals surface area contributed by atoms with Crippen molar-refractivity contribution in [3.8, 4) is 22.6 Å². The largest absolute Gasteiger partial charge is 0.881 e. The number of aromatic nitrogens is 1. The molecule has 0 N–H and O–H groups in total. The van der Waals surface area contributed by atoms with Crippen LogP contribution in [0.1, 0.15) is 62.8 Å². The summed E-state index contributed by atoms with van der Waals surface area (Å²) >= 11 is -0.729. The van der Waals surface area contributed by atoms with E-state index < -0.39 is 15.9 Å². The van der Waals surface area contributed by atoms with Gasteiger partial charge in [-0.3, -0.25) is 0 Å². The van der Waals surface area contributed by atoms with Crippen LogP contribution in [-0.4, -0.2) is 20.9 Å². The lowest BCUT2D eigenvalue weighted by Crippen LogP contribution is -2.13. The van der Waals surface area contributed by atoms with Gasteiger partial charge < -0.3 is 7.58 Å². The molecule has 1 unspecified atom stereocenters. The Morgan fingerprint density at radius 1 is 0.853 bits per heavy atom. The van der Waals surface area contributed by atoms with Crippen LogP contribution in [0.5, 0.6) is 11.5 Å². The number of benzene rings is 3. The lowest BCUT2D eigenvalue weighted by Gasteiger charge is -2.19. The summed E-state index contributed by atoms with van der Waals surface area (Å²) in [6.45, 7) is 12.6. The Morgan fingerprint density at radius 3 is 2.12 bits per heavy atom. The maximum atomic E-state index is 6.34. The average Bonchev–Trinajstić information content (AvgIpc) is 2.88. The minimum absolute atomic E-state index is 0.361. The number of hydrogen-bond donors (Lipinski definition) is 0. The smallest absolute Gasteiger partial charge is 0.616 e. The van der Waals surface area contributed by atoms with Gasteiger partial charge in [0.15, 0.2) is 0 Å². The minimum atomic E-state index is -0.729. The molecule has 4 aromatic rings. The predicted octanol–water partition coefficient (Wildman–Crippen LogP) is 8.17. The molecule has 1 aromatic heterocycles. The van der Waals surface area contributed by atoms with E-state index in [9.17, 15) is 0 Å². The van der Waals surface area contributed by atoms with Crippen LogP contribution in [0.2, 0.25) is 0 Å². The molecule has 0 aliphatic rings. The van der Waals surface area contributed by atoms with Gasteiger partial charge in [0.25, 0.3) is 0 Å². The number of fused-ring (bicyclic) bond motifs is 1. The monoisotopic (exact) mass is 464 g/mol. The van der Waals surface area contributed by atoms with Gasteiger partial charge in [-0.15, -0.1) is 0 Å². The van der Waals surface area contributed by atoms with Gasteiger partial charge in [0.05, 0.1) is 5.75 Å². The van der Waals surface area contributed by atoms with E-state index in [-0.39, 0.29) is 0 Å². The maximum absolute atomic E-state index is 6.34. The Morgan fingerprint density at radius 2 is 1.50 bits per heavy atom. The molecule has 0 spiro atoms. The number of pyridine rings is 1. The molecule has 0 amide bonds. The van der Waals surface area contributed by atoms with Gasteiger partial charge in [-0.2, -0.15) is 0 Å². The van der Waals surface area contributed by atoms with Crippen LogP contribution in [0.25, 0.3) is 28.1 Å². The molecule has 171 valence electrons. The third-order valence-corrected chi connectivity index (χ3v) is 6.99. The predicted molar refractivity (Wildman–Crippen MR) is 144 cm³/mol. The molecule has 0 aliphatic carbocycles. The summed E-state index contributed by atoms with van der Waals surface area (Å²) in [7, 11) is 0. The first-order valence-electron chi connectivity index (χ1n) is 11.9. The molecule has 34 heavy (non-hydrogen) atoms. The third kappa shape index (κ3) is 5.36. The lowest BCUT2D eigenvalue weighted by atomic mass is 9.95. The molecule has 1 atom stereocenters. The molecule has 0 saturated carbocycles. The molecule has 0 bridgehead atoms. The zero-order valence-electron chi connectivity index (χ0n) is 20.4. The second-order valence-electron chi connectivity index (χ2n) is 8.94. The average molecular weight is 465 g/mol. The van der Waals surface area contributed by atoms with Crippen molar-refractivity contribution in [3.05, 3.63) is 96.2 Å². The van der Waals surface area contributed by atoms with E-state index in [1.54, 1.807) is 0 Å². The van der Waals surface area contributed by atoms with Crippen LogP contribution in [0.4, 0.5) is 0 Å². The lowest BCUT2D eigenvalue weighted by molar-refractivity contribution is 0.455. The van der Waals surface area contributed by atoms with Gasteiger partial charge in [-0.25, -0.2) is 4.98 Å². The van der Waals surface area contributed by atoms with Gasteiger partial charge in [0.1, 0.15) is 11.3 Å². The molecule has 0 fully saturated rings. The van der Waals surface area contributed by atoms with Crippen molar-refractivity contribution in [2.75, 3.05) is 0 Å². The summed E-state index contributed by atoms with van der Waals surface area (Å²) in [4.78, 5) is 4.96. The topological polar surface area (TPSA) is 31.4 Å². The first-order valence-corrected chi connectivity index (χ1v) is 12.9. The molecule has 0 saturated heterocycles. The molecule has 3 aromatic carbocycles. The van der Waals surface area contributed by atoms with Crippen molar-refractivity contribution in [2.45, 2.75) is 46.0 Å². The Labute approximate surface area is 209 Å². The fraction of sp³-hybridized carbons (Fsp3) is 0.233. The zero-order valence-corrected chi connectivity index (χ0v) is 21.6. The minimum Gasteiger partial charge on any atom is -0.616 e. The van der Waals surface area contributed by atoms with Crippen LogP contribution >= 0.6 is 0 Å². The summed E-state index contributed by atoms with van der Waals surface area (Å²) < 4.78 is 12.4. The van der Waals surface area contributed by atoms with Crippen LogP contribution < -0.4 is 7.58 Å². The van der Waals surface area contributed by atoms with Crippen LogP contribution in [0.3, 0.4) is 0 Å². The molecule has 0 aliphatic heterocycles. The molecule has 3 nitrogen and oxygen atoms in total. The van der Waals surface area contributed by atoms with Crippen molar-refractivity contribution >= 4 is 32.9 Å². The van der Waals surface area contributed by atoms with Gasteiger partial charge >= 0.3 is 15.9 Å². The van der Waals surface area contributed by atoms with Crippen LogP contribution in [0.15, 0.2) is 79.4 Å². The molecule has 4 rings (SSSR count). The molecule has 4 heteroatoms. The van der Waals surface area contributed by atoms with Gasteiger partial charge in [0, 0.05) is 11.1 Å². The molecule has 1 radical (unpaired) electrons. The summed E-state index contributed by atoms with van der Waals surface area (Å²) in [6.07, 6.45) is 2.89. The highest BCUT2D eigenvalue weighted by Gasteiger charge is 2.18. The van der Waals surface area contributed by atoms with Crippen molar-refractivity contribution in [3.63, 3.8) is 0 Å². The molecular formula is C30H31AlNO2. The highest BCUT2D eigenvalue weighted by atomic mass is 27.2. The molecule has 1 heterocycles. The van der Waals surface area contributed by atoms with Gasteiger partial charge in [-0.1, -0.05) is 94.9 Å². The van der Waals surface area contributed by atoms with Gasteiger partial charge in [0.2, 0.25) is 0 Å². The molecular weight excluding hydrogens is 433 g/mol. The number of hydrogen-bond acceptors (Lipinski definition) is 3. The highest BCUT2D eigenvalue weighted by molar-refractivity contribution is 6.21. The zero-order chi connectivity index (χ0) is 24.1. The first-order chi connectivity index (χ1) is 16.5. The van der Waals surface area contributed by atoms with E-state index in [1.165, 1.54) is 11.1 Å². The summed E-state index contributed by atoms with van der Waals surface area (Å²) in [5.41, 5.74) is 6.63. The Hall–Kier alpha value is -3.06. The Kier molecular flexibility index (Phi) is 7.73. The van der Waals surface area contributed by atoms with Crippen molar-refractivity contribution in [1.29, 1.82) is 0 Å². The van der Waals surface area contributed by atoms with Gasteiger partial charge in [-0.05, 0) is 58.7 Å². The third-order valence-electron chi connectivity index (χ3n) is 6.29. The van der Waals surface area contributed by atoms with E-state index in [4.69, 9.17) is 12.6 Å². The fourth-order valence-electron chi connectivity index (χ4n) is 3.91. The Bertz CT molecular complexity index is 1260. The van der Waals surface area contributed by atoms with Crippen LogP contribution in [0, 0.1) is 0 Å². The highest BCUT2D eigenvalue weighted by Crippen LogP contribution is 2.35. The van der Waals surface area contributed by atoms with E-state index in [0.29, 0.717) is 11.8 Å². The maximum Gasteiger partial charge on any atom is 0.881 e. The van der Waals surface area contributed by atoms with E-state index in [1.807, 2.05) is 18.2 Å². The number of nitrogens with zero attached hydrogens (tertiary/aromatic N) is 1. The standard InChI is InChI=1S/C16H21NO.C14H12O.Al/c1-5-11(4)13-8-6-12-7-9-14(10(2)3)17-15(12)16(13)18;1-2-11-3-5-12(6-4-11)13-7-9-14(15)10-8-13;/h6-11,18H,5H2,1-4H3;2-10,15H,1H2;/q;;+2/p-2. The van der Waals surface area contributed by atoms with E-state index in [2.05, 4.69) is 94.9 Å². The first kappa shape index (κ1) is 24.1. The van der Waals surface area contributed by atoms with E-state index >= 15 is 0 Å². The van der Waals surface area contributed by atoms with Crippen molar-refractivity contribution in [2.24, 2.45) is 0 Å². The van der Waals surface area contributed by atoms with Crippen molar-refractivity contribution in [1.82, 2.24) is 4.98 Å². The SMILES string of the molecule is C=Cc1ccc(-c2ccc([O][Al][O]c3c(C(C)CC)ccc4ccc(C(C)C)nc34)cc2)cc1. The fourth-order valence-corrected chi connectivity index (χ4v) is 4.57. The summed E-state index contributed by atoms with van der Waals surface area (Å²) in [5, 5.41) is 1.10. The number of rotatable bonds is 9. The van der Waals surface area contributed by atoms with Crippen LogP contribution in [-0.2, 0) is 0 Å². The van der Waals surface area contributed by atoms with E-state index in [0.717, 1.165) is 45.6 Å².